The van der Waals surface area contributed by atoms with E-state index in [-0.39, 0.29) is 17.7 Å². The molecule has 0 spiro atoms. The summed E-state index contributed by atoms with van der Waals surface area (Å²) in [5, 5.41) is 15.8. The van der Waals surface area contributed by atoms with E-state index < -0.39 is 11.7 Å². The minimum Gasteiger partial charge on any atom is -0.508 e. The van der Waals surface area contributed by atoms with Crippen molar-refractivity contribution in [3.05, 3.63) is 29.3 Å². The molecule has 0 aliphatic carbocycles. The molecule has 27 heavy (non-hydrogen) atoms. The molecule has 5 nitrogen and oxygen atoms in total. The second-order valence-electron chi connectivity index (χ2n) is 8.70. The zero-order valence-corrected chi connectivity index (χ0v) is 16.6. The van der Waals surface area contributed by atoms with Gasteiger partial charge in [-0.1, -0.05) is 13.0 Å². The number of nitrogens with one attached hydrogen (secondary N) is 2. The van der Waals surface area contributed by atoms with Crippen LogP contribution in [-0.2, 0) is 17.8 Å². The van der Waals surface area contributed by atoms with Gasteiger partial charge in [0.05, 0.1) is 12.1 Å². The Morgan fingerprint density at radius 1 is 1.37 bits per heavy atom. The minimum atomic E-state index is -1.49. The summed E-state index contributed by atoms with van der Waals surface area (Å²) in [6, 6.07) is 4.30. The maximum Gasteiger partial charge on any atom is 0.237 e. The Labute approximate surface area is 161 Å². The van der Waals surface area contributed by atoms with Gasteiger partial charge < -0.3 is 20.6 Å². The molecule has 150 valence electrons. The fourth-order valence-electron chi connectivity index (χ4n) is 3.90. The first-order valence-corrected chi connectivity index (χ1v) is 9.98. The summed E-state index contributed by atoms with van der Waals surface area (Å²) in [6.45, 7) is 8.31. The van der Waals surface area contributed by atoms with E-state index in [1.54, 1.807) is 12.1 Å². The third-order valence-electron chi connectivity index (χ3n) is 5.93. The van der Waals surface area contributed by atoms with Crippen LogP contribution in [0.4, 0.5) is 4.39 Å². The highest BCUT2D eigenvalue weighted by Gasteiger charge is 2.35. The highest BCUT2D eigenvalue weighted by Crippen LogP contribution is 2.23. The number of rotatable bonds is 5. The molecule has 0 saturated carbocycles. The number of nitrogens with zero attached hydrogens (tertiary/aromatic N) is 1. The monoisotopic (exact) mass is 377 g/mol. The number of aromatic hydroxyl groups is 1. The molecule has 2 heterocycles. The molecule has 1 amide bonds. The van der Waals surface area contributed by atoms with Gasteiger partial charge >= 0.3 is 0 Å². The number of hydrogen-bond donors (Lipinski definition) is 3. The Balaban J connectivity index is 1.62. The van der Waals surface area contributed by atoms with Crippen LogP contribution in [0.1, 0.15) is 44.7 Å². The van der Waals surface area contributed by atoms with E-state index >= 15 is 0 Å². The van der Waals surface area contributed by atoms with Gasteiger partial charge in [0.1, 0.15) is 11.4 Å². The molecule has 2 aliphatic heterocycles. The molecule has 3 N–H and O–H groups in total. The summed E-state index contributed by atoms with van der Waals surface area (Å²) in [4.78, 5) is 15.1. The van der Waals surface area contributed by atoms with Crippen molar-refractivity contribution in [2.75, 3.05) is 19.6 Å². The van der Waals surface area contributed by atoms with Crippen LogP contribution in [0.15, 0.2) is 18.2 Å². The molecule has 0 radical (unpaired) electrons. The second kappa shape index (κ2) is 8.15. The second-order valence-corrected chi connectivity index (χ2v) is 8.70. The lowest BCUT2D eigenvalue weighted by Gasteiger charge is -2.37. The van der Waals surface area contributed by atoms with Gasteiger partial charge in [-0.05, 0) is 75.4 Å². The zero-order valence-electron chi connectivity index (χ0n) is 16.6. The molecule has 0 aromatic heterocycles. The summed E-state index contributed by atoms with van der Waals surface area (Å²) < 4.78 is 14.8. The molecule has 1 aromatic carbocycles. The van der Waals surface area contributed by atoms with Crippen LogP contribution in [0, 0.1) is 5.92 Å². The number of amides is 1. The van der Waals surface area contributed by atoms with Crippen LogP contribution < -0.4 is 10.6 Å². The van der Waals surface area contributed by atoms with Crippen LogP contribution >= 0.6 is 0 Å². The Morgan fingerprint density at radius 3 is 2.74 bits per heavy atom. The van der Waals surface area contributed by atoms with Crippen LogP contribution in [-0.4, -0.2) is 53.3 Å². The number of carbonyl (C=O) groups is 1. The molecule has 2 atom stereocenters. The molecule has 1 saturated heterocycles. The van der Waals surface area contributed by atoms with E-state index in [0.717, 1.165) is 43.0 Å². The SMILES string of the molecule is CC1CCN(C[C@@H](NC(=O)C2Cc3ccc(O)cc3CN2)C(C)(C)F)CC1. The maximum atomic E-state index is 14.8. The van der Waals surface area contributed by atoms with Crippen molar-refractivity contribution in [3.8, 4) is 5.75 Å². The van der Waals surface area contributed by atoms with Gasteiger partial charge in [0.25, 0.3) is 0 Å². The van der Waals surface area contributed by atoms with Gasteiger partial charge in [-0.3, -0.25) is 4.79 Å². The molecular formula is C21H32FN3O2. The van der Waals surface area contributed by atoms with Crippen molar-refractivity contribution < 1.29 is 14.3 Å². The fourth-order valence-corrected chi connectivity index (χ4v) is 3.90. The van der Waals surface area contributed by atoms with Crippen LogP contribution in [0.25, 0.3) is 0 Å². The third-order valence-corrected chi connectivity index (χ3v) is 5.93. The van der Waals surface area contributed by atoms with E-state index in [9.17, 15) is 14.3 Å². The highest BCUT2D eigenvalue weighted by atomic mass is 19.1. The quantitative estimate of drug-likeness (QED) is 0.737. The van der Waals surface area contributed by atoms with Gasteiger partial charge in [0.2, 0.25) is 5.91 Å². The van der Waals surface area contributed by atoms with Gasteiger partial charge in [-0.2, -0.15) is 0 Å². The molecule has 1 fully saturated rings. The summed E-state index contributed by atoms with van der Waals surface area (Å²) >= 11 is 0. The molecule has 6 heteroatoms. The average Bonchev–Trinajstić information content (AvgIpc) is 2.61. The van der Waals surface area contributed by atoms with E-state index in [1.165, 1.54) is 13.8 Å². The molecule has 2 aliphatic rings. The number of benzene rings is 1. The molecule has 1 unspecified atom stereocenters. The number of alkyl halides is 1. The topological polar surface area (TPSA) is 64.6 Å². The lowest BCUT2D eigenvalue weighted by Crippen LogP contribution is -2.58. The number of fused-ring (bicyclic) bond motifs is 1. The number of phenolic OH excluding ortho intramolecular Hbond substituents is 1. The van der Waals surface area contributed by atoms with E-state index in [1.807, 2.05) is 6.07 Å². The van der Waals surface area contributed by atoms with E-state index in [0.29, 0.717) is 19.5 Å². The maximum absolute atomic E-state index is 14.8. The highest BCUT2D eigenvalue weighted by molar-refractivity contribution is 5.83. The third kappa shape index (κ3) is 5.20. The first-order chi connectivity index (χ1) is 12.7. The Hall–Kier alpha value is -1.66. The summed E-state index contributed by atoms with van der Waals surface area (Å²) in [5.74, 6) is 0.794. The Bertz CT molecular complexity index is 666. The fraction of sp³-hybridized carbons (Fsp3) is 0.667. The normalized spacial score (nSPS) is 22.9. The predicted octanol–water partition coefficient (Wildman–Crippen LogP) is 2.37. The Morgan fingerprint density at radius 2 is 2.07 bits per heavy atom. The smallest absolute Gasteiger partial charge is 0.237 e. The largest absolute Gasteiger partial charge is 0.508 e. The van der Waals surface area contributed by atoms with Crippen molar-refractivity contribution in [1.82, 2.24) is 15.5 Å². The van der Waals surface area contributed by atoms with E-state index in [4.69, 9.17) is 0 Å². The molecule has 0 bridgehead atoms. The number of likely N-dealkylation sites (tertiary alicyclic amines) is 1. The Kier molecular flexibility index (Phi) is 6.06. The molecule has 3 rings (SSSR count). The van der Waals surface area contributed by atoms with Crippen molar-refractivity contribution in [2.45, 2.75) is 64.3 Å². The average molecular weight is 378 g/mol. The number of halogens is 1. The van der Waals surface area contributed by atoms with E-state index in [2.05, 4.69) is 22.5 Å². The van der Waals surface area contributed by atoms with Crippen LogP contribution in [0.5, 0.6) is 5.75 Å². The first-order valence-electron chi connectivity index (χ1n) is 9.98. The lowest BCUT2D eigenvalue weighted by molar-refractivity contribution is -0.125. The minimum absolute atomic E-state index is 0.158. The van der Waals surface area contributed by atoms with Gasteiger partial charge in [0.15, 0.2) is 0 Å². The van der Waals surface area contributed by atoms with Crippen LogP contribution in [0.2, 0.25) is 0 Å². The van der Waals surface area contributed by atoms with Gasteiger partial charge in [-0.15, -0.1) is 0 Å². The molecule has 1 aromatic rings. The van der Waals surface area contributed by atoms with Crippen LogP contribution in [0.3, 0.4) is 0 Å². The summed E-state index contributed by atoms with van der Waals surface area (Å²) in [6.07, 6.45) is 2.80. The number of carbonyl (C=O) groups excluding carboxylic acids is 1. The van der Waals surface area contributed by atoms with Gasteiger partial charge in [0, 0.05) is 13.1 Å². The van der Waals surface area contributed by atoms with Crippen molar-refractivity contribution >= 4 is 5.91 Å². The first kappa shape index (κ1) is 20.1. The number of piperidine rings is 1. The lowest BCUT2D eigenvalue weighted by atomic mass is 9.93. The van der Waals surface area contributed by atoms with Crippen molar-refractivity contribution in [3.63, 3.8) is 0 Å². The standard InChI is InChI=1S/C21H32FN3O2/c1-14-6-8-25(9-7-14)13-19(21(2,3)22)24-20(27)18-11-15-4-5-17(26)10-16(15)12-23-18/h4-5,10,14,18-19,23,26H,6-9,11-13H2,1-3H3,(H,24,27)/t18?,19-/m1/s1. The summed E-state index contributed by atoms with van der Waals surface area (Å²) in [7, 11) is 0. The van der Waals surface area contributed by atoms with Crippen molar-refractivity contribution in [2.24, 2.45) is 5.92 Å². The summed E-state index contributed by atoms with van der Waals surface area (Å²) in [5.41, 5.74) is 0.563. The van der Waals surface area contributed by atoms with Crippen molar-refractivity contribution in [1.29, 1.82) is 0 Å². The number of hydrogen-bond acceptors (Lipinski definition) is 4. The number of phenols is 1. The molecular weight excluding hydrogens is 345 g/mol. The zero-order chi connectivity index (χ0) is 19.6. The van der Waals surface area contributed by atoms with Gasteiger partial charge in [-0.25, -0.2) is 4.39 Å². The predicted molar refractivity (Wildman–Crippen MR) is 104 cm³/mol.